The van der Waals surface area contributed by atoms with Crippen LogP contribution in [0.25, 0.3) is 28.1 Å². The third-order valence-electron chi connectivity index (χ3n) is 10.9. The van der Waals surface area contributed by atoms with Gasteiger partial charge < -0.3 is 10.2 Å². The van der Waals surface area contributed by atoms with Crippen LogP contribution in [0, 0.1) is 0 Å². The second kappa shape index (κ2) is 11.1. The van der Waals surface area contributed by atoms with Crippen LogP contribution in [0.15, 0.2) is 149 Å². The van der Waals surface area contributed by atoms with Crippen LogP contribution in [-0.4, -0.2) is 22.5 Å². The molecule has 4 aromatic rings. The van der Waals surface area contributed by atoms with Crippen LogP contribution >= 0.6 is 0 Å². The van der Waals surface area contributed by atoms with Crippen LogP contribution < -0.4 is 10.2 Å². The number of nitrogens with zero attached hydrogens (tertiary/aromatic N) is 3. The van der Waals surface area contributed by atoms with Crippen LogP contribution in [0.5, 0.6) is 0 Å². The number of allylic oxidation sites excluding steroid dienone is 8. The highest BCUT2D eigenvalue weighted by atomic mass is 15.2. The molecule has 0 amide bonds. The van der Waals surface area contributed by atoms with Gasteiger partial charge in [0.2, 0.25) is 0 Å². The topological polar surface area (TPSA) is 32.6 Å². The SMILES string of the molecule is C1=CC2c3cc(-c4ccc5c(c4)c4c(n5C5=NC6=C(C=CCC6)NC5C5=CCCC=C5)C=CCC4)ccc3N(c3ccccc3)C2C=C1. The van der Waals surface area contributed by atoms with E-state index in [9.17, 15) is 0 Å². The Bertz CT molecular complexity index is 2230. The average Bonchev–Trinajstić information content (AvgIpc) is 3.67. The van der Waals surface area contributed by atoms with Crippen LogP contribution in [0.3, 0.4) is 0 Å². The molecule has 3 aromatic carbocycles. The van der Waals surface area contributed by atoms with Crippen molar-refractivity contribution in [2.24, 2.45) is 4.99 Å². The molecule has 234 valence electrons. The van der Waals surface area contributed by atoms with Crippen molar-refractivity contribution in [1.29, 1.82) is 0 Å². The van der Waals surface area contributed by atoms with Crippen molar-refractivity contribution in [1.82, 2.24) is 9.88 Å². The van der Waals surface area contributed by atoms with E-state index in [2.05, 4.69) is 148 Å². The lowest BCUT2D eigenvalue weighted by molar-refractivity contribution is 0.719. The lowest BCUT2D eigenvalue weighted by Crippen LogP contribution is -2.44. The fourth-order valence-corrected chi connectivity index (χ4v) is 8.65. The number of nitrogens with one attached hydrogen (secondary N) is 1. The molecule has 6 aliphatic rings. The van der Waals surface area contributed by atoms with Crippen LogP contribution in [0.2, 0.25) is 0 Å². The molecule has 10 rings (SSSR count). The maximum atomic E-state index is 5.47. The number of anilines is 2. The first-order valence-corrected chi connectivity index (χ1v) is 17.6. The number of aryl methyl sites for hydroxylation is 1. The van der Waals surface area contributed by atoms with Crippen molar-refractivity contribution in [2.75, 3.05) is 4.90 Å². The van der Waals surface area contributed by atoms with Gasteiger partial charge in [-0.3, -0.25) is 4.57 Å². The molecule has 4 heteroatoms. The number of benzene rings is 3. The number of para-hydroxylation sites is 1. The molecule has 0 saturated heterocycles. The summed E-state index contributed by atoms with van der Waals surface area (Å²) in [6, 6.07) is 25.4. The van der Waals surface area contributed by atoms with Gasteiger partial charge in [-0.2, -0.15) is 0 Å². The van der Waals surface area contributed by atoms with Gasteiger partial charge in [-0.25, -0.2) is 4.99 Å². The van der Waals surface area contributed by atoms with E-state index in [4.69, 9.17) is 4.99 Å². The smallest absolute Gasteiger partial charge is 0.141 e. The number of hydrogen-bond donors (Lipinski definition) is 1. The van der Waals surface area contributed by atoms with Gasteiger partial charge in [0, 0.05) is 22.7 Å². The minimum atomic E-state index is 0.00701. The molecule has 0 saturated carbocycles. The molecule has 1 aromatic heterocycles. The van der Waals surface area contributed by atoms with E-state index in [0.717, 1.165) is 44.4 Å². The molecule has 3 unspecified atom stereocenters. The van der Waals surface area contributed by atoms with Gasteiger partial charge in [0.15, 0.2) is 0 Å². The van der Waals surface area contributed by atoms with Gasteiger partial charge in [0.25, 0.3) is 0 Å². The standard InChI is InChI=1S/C44H38N4/c1-3-13-29(14-4-1)43-44(46-38-20-10-9-19-37(38)45-43)48-40-22-12-8-18-34(40)36-28-31(24-26-42(36)48)30-23-25-41-35(27-30)33-17-7-11-21-39(33)47(41)32-15-5-2-6-16-32/h2-3,5-7,9,11-17,19,21-28,33,39,43,45H,1,4,8,10,18,20H2. The Kier molecular flexibility index (Phi) is 6.43. The number of fused-ring (bicyclic) bond motifs is 6. The van der Waals surface area contributed by atoms with Crippen molar-refractivity contribution in [3.63, 3.8) is 0 Å². The Balaban J connectivity index is 1.11. The molecular formula is C44H38N4. The van der Waals surface area contributed by atoms with E-state index >= 15 is 0 Å². The van der Waals surface area contributed by atoms with E-state index in [1.165, 1.54) is 67.2 Å². The largest absolute Gasteiger partial charge is 0.370 e. The highest BCUT2D eigenvalue weighted by molar-refractivity contribution is 6.06. The molecule has 4 aliphatic carbocycles. The van der Waals surface area contributed by atoms with Crippen molar-refractivity contribution in [3.05, 3.63) is 161 Å². The summed E-state index contributed by atoms with van der Waals surface area (Å²) in [4.78, 5) is 7.98. The van der Waals surface area contributed by atoms with Crippen molar-refractivity contribution in [2.45, 2.75) is 56.5 Å². The summed E-state index contributed by atoms with van der Waals surface area (Å²) < 4.78 is 2.47. The Morgan fingerprint density at radius 1 is 0.750 bits per heavy atom. The number of aliphatic imine (C=N–C) groups is 1. The first-order valence-electron chi connectivity index (χ1n) is 17.6. The Morgan fingerprint density at radius 3 is 2.50 bits per heavy atom. The van der Waals surface area contributed by atoms with Gasteiger partial charge in [-0.05, 0) is 115 Å². The summed E-state index contributed by atoms with van der Waals surface area (Å²) in [6.07, 6.45) is 31.6. The van der Waals surface area contributed by atoms with Crippen LogP contribution in [0.4, 0.5) is 11.4 Å². The lowest BCUT2D eigenvalue weighted by atomic mass is 9.89. The zero-order valence-corrected chi connectivity index (χ0v) is 27.0. The predicted molar refractivity (Wildman–Crippen MR) is 200 cm³/mol. The molecule has 0 spiro atoms. The highest BCUT2D eigenvalue weighted by Gasteiger charge is 2.37. The summed E-state index contributed by atoms with van der Waals surface area (Å²) in [5.74, 6) is 1.42. The molecule has 4 nitrogen and oxygen atoms in total. The molecular weight excluding hydrogens is 585 g/mol. The normalized spacial score (nSPS) is 23.4. The molecule has 3 atom stereocenters. The van der Waals surface area contributed by atoms with Gasteiger partial charge in [-0.1, -0.05) is 85.0 Å². The maximum absolute atomic E-state index is 5.47. The van der Waals surface area contributed by atoms with Crippen LogP contribution in [-0.2, 0) is 6.42 Å². The van der Waals surface area contributed by atoms with Gasteiger partial charge in [0.05, 0.1) is 28.6 Å². The van der Waals surface area contributed by atoms with E-state index in [1.54, 1.807) is 0 Å². The summed E-state index contributed by atoms with van der Waals surface area (Å²) >= 11 is 0. The van der Waals surface area contributed by atoms with E-state index in [0.29, 0.717) is 12.0 Å². The fourth-order valence-electron chi connectivity index (χ4n) is 8.65. The number of hydrogen-bond acceptors (Lipinski definition) is 3. The number of aromatic nitrogens is 1. The van der Waals surface area contributed by atoms with E-state index in [1.807, 2.05) is 0 Å². The zero-order chi connectivity index (χ0) is 31.6. The Morgan fingerprint density at radius 2 is 1.58 bits per heavy atom. The number of rotatable bonds is 3. The molecule has 48 heavy (non-hydrogen) atoms. The summed E-state index contributed by atoms with van der Waals surface area (Å²) in [5.41, 5.74) is 14.1. The molecule has 1 N–H and O–H groups in total. The maximum Gasteiger partial charge on any atom is 0.141 e. The minimum Gasteiger partial charge on any atom is -0.370 e. The van der Waals surface area contributed by atoms with Gasteiger partial charge >= 0.3 is 0 Å². The summed E-state index contributed by atoms with van der Waals surface area (Å²) in [7, 11) is 0. The monoisotopic (exact) mass is 622 g/mol. The first kappa shape index (κ1) is 27.7. The minimum absolute atomic E-state index is 0.00701. The van der Waals surface area contributed by atoms with Crippen molar-refractivity contribution in [3.8, 4) is 11.1 Å². The van der Waals surface area contributed by atoms with E-state index < -0.39 is 0 Å². The van der Waals surface area contributed by atoms with Crippen molar-refractivity contribution >= 4 is 34.2 Å². The van der Waals surface area contributed by atoms with Gasteiger partial charge in [0.1, 0.15) is 11.9 Å². The predicted octanol–water partition coefficient (Wildman–Crippen LogP) is 10.1. The second-order valence-electron chi connectivity index (χ2n) is 13.7. The fraction of sp³-hybridized carbons (Fsp3) is 0.205. The molecule has 0 radical (unpaired) electrons. The third-order valence-corrected chi connectivity index (χ3v) is 10.9. The van der Waals surface area contributed by atoms with Crippen molar-refractivity contribution < 1.29 is 0 Å². The third kappa shape index (κ3) is 4.32. The lowest BCUT2D eigenvalue weighted by Gasteiger charge is -2.32. The molecule has 3 heterocycles. The molecule has 0 fully saturated rings. The molecule has 0 bridgehead atoms. The average molecular weight is 623 g/mol. The van der Waals surface area contributed by atoms with Gasteiger partial charge in [-0.15, -0.1) is 0 Å². The summed E-state index contributed by atoms with van der Waals surface area (Å²) in [5, 5.41) is 5.26. The molecule has 2 aliphatic heterocycles. The highest BCUT2D eigenvalue weighted by Crippen LogP contribution is 2.49. The summed E-state index contributed by atoms with van der Waals surface area (Å²) in [6.45, 7) is 0. The quantitative estimate of drug-likeness (QED) is 0.247. The zero-order valence-electron chi connectivity index (χ0n) is 27.0. The first-order chi connectivity index (χ1) is 23.8. The Labute approximate surface area is 282 Å². The Hall–Kier alpha value is -5.35. The van der Waals surface area contributed by atoms with Crippen LogP contribution in [0.1, 0.15) is 54.8 Å². The second-order valence-corrected chi connectivity index (χ2v) is 13.7. The van der Waals surface area contributed by atoms with E-state index in [-0.39, 0.29) is 6.04 Å².